The van der Waals surface area contributed by atoms with Gasteiger partial charge in [-0.15, -0.1) is 11.3 Å². The summed E-state index contributed by atoms with van der Waals surface area (Å²) in [6.07, 6.45) is 3.16. The van der Waals surface area contributed by atoms with E-state index in [0.29, 0.717) is 22.2 Å². The van der Waals surface area contributed by atoms with Gasteiger partial charge in [-0.05, 0) is 55.0 Å². The molecule has 1 aromatic carbocycles. The number of nitrogens with two attached hydrogens (primary N) is 1. The molecule has 1 amide bonds. The fourth-order valence-electron chi connectivity index (χ4n) is 3.18. The molecule has 0 saturated heterocycles. The summed E-state index contributed by atoms with van der Waals surface area (Å²) in [7, 11) is -0.191. The molecule has 0 unspecified atom stereocenters. The maximum atomic E-state index is 12.7. The minimum Gasteiger partial charge on any atom is -0.376 e. The Balaban J connectivity index is 1.91. The summed E-state index contributed by atoms with van der Waals surface area (Å²) in [5.41, 5.74) is 2.39. The minimum atomic E-state index is -3.84. The first kappa shape index (κ1) is 18.9. The number of carbonyl (C=O) groups is 1. The molecule has 3 N–H and O–H groups in total. The maximum absolute atomic E-state index is 12.7. The summed E-state index contributed by atoms with van der Waals surface area (Å²) < 4.78 is 23.3. The van der Waals surface area contributed by atoms with Crippen LogP contribution in [0.4, 0.5) is 11.4 Å². The van der Waals surface area contributed by atoms with E-state index in [1.165, 1.54) is 33.9 Å². The first-order chi connectivity index (χ1) is 12.1. The number of aryl methyl sites for hydroxylation is 1. The van der Waals surface area contributed by atoms with E-state index in [1.54, 1.807) is 6.07 Å². The largest absolute Gasteiger partial charge is 0.376 e. The topological polar surface area (TPSA) is 92.5 Å². The number of thiophene rings is 1. The van der Waals surface area contributed by atoms with Gasteiger partial charge in [0.25, 0.3) is 5.91 Å². The number of nitrogens with zero attached hydrogens (tertiary/aromatic N) is 1. The molecule has 1 atom stereocenters. The third-order valence-electron chi connectivity index (χ3n) is 4.58. The van der Waals surface area contributed by atoms with Crippen LogP contribution in [0.1, 0.15) is 33.5 Å². The second kappa shape index (κ2) is 7.02. The quantitative estimate of drug-likeness (QED) is 0.835. The van der Waals surface area contributed by atoms with Crippen molar-refractivity contribution in [2.45, 2.75) is 31.1 Å². The summed E-state index contributed by atoms with van der Waals surface area (Å²) in [5, 5.41) is 8.07. The number of rotatable bonds is 4. The first-order valence-corrected chi connectivity index (χ1v) is 10.8. The molecule has 26 heavy (non-hydrogen) atoms. The summed E-state index contributed by atoms with van der Waals surface area (Å²) in [6.45, 7) is 2.22. The number of nitrogens with one attached hydrogen (secondary N) is 1. The number of hydrogen-bond donors (Lipinski definition) is 2. The molecule has 0 fully saturated rings. The van der Waals surface area contributed by atoms with Gasteiger partial charge < -0.3 is 10.2 Å². The molecule has 2 aromatic rings. The molecule has 1 aromatic heterocycles. The lowest BCUT2D eigenvalue weighted by atomic mass is 9.90. The van der Waals surface area contributed by atoms with Crippen molar-refractivity contribution in [3.63, 3.8) is 0 Å². The highest BCUT2D eigenvalue weighted by atomic mass is 32.2. The van der Waals surface area contributed by atoms with Gasteiger partial charge in [0.05, 0.1) is 21.1 Å². The predicted octanol–water partition coefficient (Wildman–Crippen LogP) is 2.84. The molecule has 1 aliphatic carbocycles. The molecule has 0 aliphatic heterocycles. The monoisotopic (exact) mass is 393 g/mol. The molecule has 0 spiro atoms. The van der Waals surface area contributed by atoms with Crippen LogP contribution in [0.3, 0.4) is 0 Å². The van der Waals surface area contributed by atoms with E-state index in [1.807, 2.05) is 25.1 Å². The van der Waals surface area contributed by atoms with E-state index in [4.69, 9.17) is 5.14 Å². The normalized spacial score (nSPS) is 16.8. The van der Waals surface area contributed by atoms with Crippen LogP contribution in [-0.2, 0) is 22.9 Å². The molecule has 0 radical (unpaired) electrons. The summed E-state index contributed by atoms with van der Waals surface area (Å²) in [6, 6.07) is 6.43. The first-order valence-electron chi connectivity index (χ1n) is 8.42. The average molecular weight is 394 g/mol. The average Bonchev–Trinajstić information content (AvgIpc) is 2.96. The Bertz CT molecular complexity index is 949. The molecule has 0 bridgehead atoms. The van der Waals surface area contributed by atoms with Crippen LogP contribution in [-0.4, -0.2) is 28.4 Å². The number of benzene rings is 1. The van der Waals surface area contributed by atoms with Crippen molar-refractivity contribution >= 4 is 38.6 Å². The number of anilines is 2. The Morgan fingerprint density at radius 3 is 2.69 bits per heavy atom. The molecule has 1 heterocycles. The Morgan fingerprint density at radius 2 is 2.04 bits per heavy atom. The molecule has 140 valence electrons. The van der Waals surface area contributed by atoms with E-state index in [0.717, 1.165) is 19.3 Å². The van der Waals surface area contributed by atoms with E-state index in [-0.39, 0.29) is 10.8 Å². The van der Waals surface area contributed by atoms with Crippen LogP contribution in [0, 0.1) is 5.92 Å². The van der Waals surface area contributed by atoms with Gasteiger partial charge in [0.15, 0.2) is 0 Å². The molecule has 3 rings (SSSR count). The van der Waals surface area contributed by atoms with Gasteiger partial charge in [-0.1, -0.05) is 6.92 Å². The maximum Gasteiger partial charge on any atom is 0.265 e. The number of sulfonamides is 1. The summed E-state index contributed by atoms with van der Waals surface area (Å²) >= 11 is 1.52. The number of hydrogen-bond acceptors (Lipinski definition) is 5. The Kier molecular flexibility index (Phi) is 5.09. The number of primary sulfonamides is 1. The third kappa shape index (κ3) is 3.92. The van der Waals surface area contributed by atoms with Crippen molar-refractivity contribution in [3.8, 4) is 0 Å². The van der Waals surface area contributed by atoms with Crippen molar-refractivity contribution in [2.75, 3.05) is 24.3 Å². The van der Waals surface area contributed by atoms with Crippen molar-refractivity contribution in [2.24, 2.45) is 11.1 Å². The van der Waals surface area contributed by atoms with E-state index >= 15 is 0 Å². The molecular formula is C18H23N3O3S2. The Morgan fingerprint density at radius 1 is 1.31 bits per heavy atom. The van der Waals surface area contributed by atoms with Crippen LogP contribution >= 0.6 is 11.3 Å². The van der Waals surface area contributed by atoms with Crippen LogP contribution in [0.15, 0.2) is 29.2 Å². The zero-order chi connectivity index (χ0) is 19.1. The van der Waals surface area contributed by atoms with E-state index < -0.39 is 10.0 Å². The number of fused-ring (bicyclic) bond motifs is 1. The zero-order valence-corrected chi connectivity index (χ0v) is 16.7. The summed E-state index contributed by atoms with van der Waals surface area (Å²) in [5.74, 6) is 0.409. The van der Waals surface area contributed by atoms with Gasteiger partial charge in [-0.25, -0.2) is 13.6 Å². The van der Waals surface area contributed by atoms with Crippen molar-refractivity contribution in [1.29, 1.82) is 0 Å². The standard InChI is InChI=1S/C18H23N3O3S2/c1-11-4-7-16-12(8-11)9-17(25-16)18(22)20-14-10-13(26(19,23)24)5-6-15(14)21(2)3/h5-6,9-11H,4,7-8H2,1-3H3,(H,20,22)(H2,19,23,24)/t11-/m1/s1. The van der Waals surface area contributed by atoms with Crippen LogP contribution in [0.2, 0.25) is 0 Å². The predicted molar refractivity (Wildman–Crippen MR) is 106 cm³/mol. The molecule has 1 aliphatic rings. The van der Waals surface area contributed by atoms with Gasteiger partial charge in [0.1, 0.15) is 0 Å². The molecule has 8 heteroatoms. The zero-order valence-electron chi connectivity index (χ0n) is 15.1. The van der Waals surface area contributed by atoms with Crippen molar-refractivity contribution in [1.82, 2.24) is 0 Å². The number of carbonyl (C=O) groups excluding carboxylic acids is 1. The second-order valence-electron chi connectivity index (χ2n) is 6.98. The lowest BCUT2D eigenvalue weighted by molar-refractivity contribution is 0.103. The number of amides is 1. The third-order valence-corrected chi connectivity index (χ3v) is 6.73. The van der Waals surface area contributed by atoms with Gasteiger partial charge in [0.2, 0.25) is 10.0 Å². The highest BCUT2D eigenvalue weighted by Crippen LogP contribution is 2.33. The smallest absolute Gasteiger partial charge is 0.265 e. The van der Waals surface area contributed by atoms with Crippen LogP contribution in [0.25, 0.3) is 0 Å². The highest BCUT2D eigenvalue weighted by molar-refractivity contribution is 7.89. The van der Waals surface area contributed by atoms with E-state index in [2.05, 4.69) is 12.2 Å². The fourth-order valence-corrected chi connectivity index (χ4v) is 4.83. The SMILES string of the molecule is C[C@@H]1CCc2sc(C(=O)Nc3cc(S(N)(=O)=O)ccc3N(C)C)cc2C1. The highest BCUT2D eigenvalue weighted by Gasteiger charge is 2.22. The van der Waals surface area contributed by atoms with Gasteiger partial charge in [0, 0.05) is 19.0 Å². The Hall–Kier alpha value is -1.90. The molecular weight excluding hydrogens is 370 g/mol. The summed E-state index contributed by atoms with van der Waals surface area (Å²) in [4.78, 5) is 16.5. The van der Waals surface area contributed by atoms with E-state index in [9.17, 15) is 13.2 Å². The second-order valence-corrected chi connectivity index (χ2v) is 9.68. The van der Waals surface area contributed by atoms with Crippen molar-refractivity contribution < 1.29 is 13.2 Å². The molecule has 6 nitrogen and oxygen atoms in total. The van der Waals surface area contributed by atoms with Gasteiger partial charge in [-0.2, -0.15) is 0 Å². The fraction of sp³-hybridized carbons (Fsp3) is 0.389. The lowest BCUT2D eigenvalue weighted by Gasteiger charge is -2.18. The minimum absolute atomic E-state index is 0.0299. The van der Waals surface area contributed by atoms with Crippen LogP contribution < -0.4 is 15.4 Å². The molecule has 0 saturated carbocycles. The van der Waals surface area contributed by atoms with Crippen molar-refractivity contribution in [3.05, 3.63) is 39.6 Å². The van der Waals surface area contributed by atoms with Crippen LogP contribution in [0.5, 0.6) is 0 Å². The lowest BCUT2D eigenvalue weighted by Crippen LogP contribution is -2.18. The van der Waals surface area contributed by atoms with Gasteiger partial charge in [-0.3, -0.25) is 4.79 Å². The van der Waals surface area contributed by atoms with Gasteiger partial charge >= 0.3 is 0 Å². The Labute approximate surface area is 158 Å².